The number of fused-ring (bicyclic) bond motifs is 1. The number of ketones is 1. The van der Waals surface area contributed by atoms with Gasteiger partial charge >= 0.3 is 0 Å². The molecule has 0 saturated carbocycles. The molecule has 1 aliphatic rings. The Morgan fingerprint density at radius 2 is 1.92 bits per heavy atom. The van der Waals surface area contributed by atoms with E-state index in [1.54, 1.807) is 31.4 Å². The van der Waals surface area contributed by atoms with E-state index in [4.69, 9.17) is 21.3 Å². The lowest BCUT2D eigenvalue weighted by molar-refractivity contribution is 0.100. The highest BCUT2D eigenvalue weighted by Gasteiger charge is 2.28. The largest absolute Gasteiger partial charge is 0.497 e. The van der Waals surface area contributed by atoms with Crippen molar-refractivity contribution < 1.29 is 9.53 Å². The summed E-state index contributed by atoms with van der Waals surface area (Å²) >= 11 is 5.90. The Morgan fingerprint density at radius 3 is 2.58 bits per heavy atom. The van der Waals surface area contributed by atoms with E-state index >= 15 is 0 Å². The van der Waals surface area contributed by atoms with Gasteiger partial charge in [-0.25, -0.2) is 0 Å². The van der Waals surface area contributed by atoms with Crippen molar-refractivity contribution >= 4 is 23.1 Å². The average Bonchev–Trinajstić information content (AvgIpc) is 2.54. The molecule has 3 rings (SSSR count). The third-order valence-corrected chi connectivity index (χ3v) is 4.43. The maximum absolute atomic E-state index is 12.6. The normalized spacial score (nSPS) is 15.4. The first-order valence-corrected chi connectivity index (χ1v) is 8.30. The van der Waals surface area contributed by atoms with Gasteiger partial charge in [-0.15, -0.1) is 0 Å². The molecule has 1 aliphatic heterocycles. The monoisotopic (exact) mass is 341 g/mol. The average molecular weight is 342 g/mol. The lowest BCUT2D eigenvalue weighted by Crippen LogP contribution is -2.30. The Balaban J connectivity index is 1.95. The summed E-state index contributed by atoms with van der Waals surface area (Å²) in [5.41, 5.74) is 3.47. The fourth-order valence-corrected chi connectivity index (χ4v) is 3.19. The van der Waals surface area contributed by atoms with Crippen molar-refractivity contribution in [1.29, 1.82) is 0 Å². The second kappa shape index (κ2) is 6.40. The van der Waals surface area contributed by atoms with Crippen molar-refractivity contribution in [1.82, 2.24) is 0 Å². The van der Waals surface area contributed by atoms with Gasteiger partial charge in [-0.2, -0.15) is 0 Å². The fourth-order valence-electron chi connectivity index (χ4n) is 3.06. The summed E-state index contributed by atoms with van der Waals surface area (Å²) < 4.78 is 5.33. The number of carbonyl (C=O) groups excluding carboxylic acids is 1. The van der Waals surface area contributed by atoms with E-state index in [2.05, 4.69) is 19.9 Å². The molecule has 4 heteroatoms. The SMILES string of the molecule is COc1ccc2c(c1)C(CC(=O)c1ccc(Cl)cc1)=NC(C)(C)C2. The molecule has 0 spiro atoms. The molecule has 2 aromatic rings. The molecular weight excluding hydrogens is 322 g/mol. The molecule has 0 amide bonds. The van der Waals surface area contributed by atoms with E-state index < -0.39 is 0 Å². The number of methoxy groups -OCH3 is 1. The molecule has 0 fully saturated rings. The molecular formula is C20H20ClNO2. The minimum Gasteiger partial charge on any atom is -0.497 e. The molecule has 0 aliphatic carbocycles. The van der Waals surface area contributed by atoms with Gasteiger partial charge in [0.1, 0.15) is 5.75 Å². The van der Waals surface area contributed by atoms with Gasteiger partial charge in [0.2, 0.25) is 0 Å². The topological polar surface area (TPSA) is 38.7 Å². The van der Waals surface area contributed by atoms with Crippen molar-refractivity contribution in [3.63, 3.8) is 0 Å². The van der Waals surface area contributed by atoms with Crippen LogP contribution in [0.2, 0.25) is 5.02 Å². The van der Waals surface area contributed by atoms with Crippen molar-refractivity contribution in [2.45, 2.75) is 32.2 Å². The Bertz CT molecular complexity index is 807. The van der Waals surface area contributed by atoms with Gasteiger partial charge in [-0.1, -0.05) is 17.7 Å². The molecule has 0 aromatic heterocycles. The molecule has 1 heterocycles. The highest BCUT2D eigenvalue weighted by atomic mass is 35.5. The molecule has 0 N–H and O–H groups in total. The zero-order valence-corrected chi connectivity index (χ0v) is 14.9. The number of carbonyl (C=O) groups is 1. The van der Waals surface area contributed by atoms with Gasteiger partial charge in [0.05, 0.1) is 24.8 Å². The molecule has 0 atom stereocenters. The second-order valence-corrected chi connectivity index (χ2v) is 7.11. The number of nitrogens with zero attached hydrogens (tertiary/aromatic N) is 1. The van der Waals surface area contributed by atoms with Crippen LogP contribution in [0.5, 0.6) is 5.75 Å². The molecule has 0 saturated heterocycles. The number of rotatable bonds is 4. The minimum atomic E-state index is -0.211. The van der Waals surface area contributed by atoms with Gasteiger partial charge in [0.15, 0.2) is 5.78 Å². The van der Waals surface area contributed by atoms with E-state index in [1.165, 1.54) is 5.56 Å². The summed E-state index contributed by atoms with van der Waals surface area (Å²) in [5, 5.41) is 0.623. The Labute approximate surface area is 147 Å². The summed E-state index contributed by atoms with van der Waals surface area (Å²) in [5.74, 6) is 0.817. The number of Topliss-reactive ketones (excluding diaryl/α,β-unsaturated/α-hetero) is 1. The number of ether oxygens (including phenoxy) is 1. The molecule has 3 nitrogen and oxygen atoms in total. The van der Waals surface area contributed by atoms with E-state index in [9.17, 15) is 4.79 Å². The number of benzene rings is 2. The third-order valence-electron chi connectivity index (χ3n) is 4.18. The molecule has 0 radical (unpaired) electrons. The van der Waals surface area contributed by atoms with Crippen LogP contribution in [0.4, 0.5) is 0 Å². The zero-order chi connectivity index (χ0) is 17.3. The van der Waals surface area contributed by atoms with Crippen LogP contribution in [0, 0.1) is 0 Å². The maximum Gasteiger partial charge on any atom is 0.168 e. The number of halogens is 1. The molecule has 0 bridgehead atoms. The minimum absolute atomic E-state index is 0.0388. The third kappa shape index (κ3) is 3.51. The fraction of sp³-hybridized carbons (Fsp3) is 0.300. The summed E-state index contributed by atoms with van der Waals surface area (Å²) in [6.07, 6.45) is 1.12. The first kappa shape index (κ1) is 16.7. The highest BCUT2D eigenvalue weighted by molar-refractivity contribution is 6.30. The summed E-state index contributed by atoms with van der Waals surface area (Å²) in [4.78, 5) is 17.5. The number of hydrogen-bond acceptors (Lipinski definition) is 3. The molecule has 124 valence electrons. The van der Waals surface area contributed by atoms with E-state index in [-0.39, 0.29) is 17.7 Å². The Kier molecular flexibility index (Phi) is 4.46. The molecule has 0 unspecified atom stereocenters. The quantitative estimate of drug-likeness (QED) is 0.753. The Hall–Kier alpha value is -2.13. The van der Waals surface area contributed by atoms with E-state index in [1.807, 2.05) is 12.1 Å². The second-order valence-electron chi connectivity index (χ2n) is 6.68. The van der Waals surface area contributed by atoms with Crippen LogP contribution in [-0.4, -0.2) is 24.1 Å². The van der Waals surface area contributed by atoms with Crippen LogP contribution in [0.25, 0.3) is 0 Å². The maximum atomic E-state index is 12.6. The summed E-state index contributed by atoms with van der Waals surface area (Å²) in [7, 11) is 1.64. The van der Waals surface area contributed by atoms with Crippen molar-refractivity contribution in [2.75, 3.05) is 7.11 Å². The summed E-state index contributed by atoms with van der Waals surface area (Å²) in [6.45, 7) is 4.18. The standard InChI is InChI=1S/C20H20ClNO2/c1-20(2)12-14-6-9-16(24-3)10-17(14)18(22-20)11-19(23)13-4-7-15(21)8-5-13/h4-10H,11-12H2,1-3H3. The molecule has 2 aromatic carbocycles. The van der Waals surface area contributed by atoms with Gasteiger partial charge in [0, 0.05) is 16.1 Å². The van der Waals surface area contributed by atoms with Crippen LogP contribution < -0.4 is 4.74 Å². The van der Waals surface area contributed by atoms with Gasteiger partial charge in [-0.05, 0) is 62.2 Å². The number of aliphatic imine (C=N–C) groups is 1. The van der Waals surface area contributed by atoms with Crippen LogP contribution in [0.1, 0.15) is 41.8 Å². The van der Waals surface area contributed by atoms with Crippen molar-refractivity contribution in [3.8, 4) is 5.75 Å². The number of hydrogen-bond donors (Lipinski definition) is 0. The van der Waals surface area contributed by atoms with Crippen molar-refractivity contribution in [2.24, 2.45) is 4.99 Å². The summed E-state index contributed by atoms with van der Waals surface area (Å²) in [6, 6.07) is 13.0. The lowest BCUT2D eigenvalue weighted by Gasteiger charge is -2.29. The van der Waals surface area contributed by atoms with Gasteiger partial charge in [0.25, 0.3) is 0 Å². The van der Waals surface area contributed by atoms with Gasteiger partial charge in [-0.3, -0.25) is 9.79 Å². The van der Waals surface area contributed by atoms with Crippen molar-refractivity contribution in [3.05, 3.63) is 64.2 Å². The van der Waals surface area contributed by atoms with Crippen LogP contribution in [-0.2, 0) is 6.42 Å². The predicted octanol–water partition coefficient (Wildman–Crippen LogP) is 4.75. The predicted molar refractivity (Wildman–Crippen MR) is 97.7 cm³/mol. The van der Waals surface area contributed by atoms with Crippen LogP contribution in [0.15, 0.2) is 47.5 Å². The first-order valence-electron chi connectivity index (χ1n) is 7.93. The smallest absolute Gasteiger partial charge is 0.168 e. The lowest BCUT2D eigenvalue weighted by atomic mass is 9.85. The zero-order valence-electron chi connectivity index (χ0n) is 14.1. The molecule has 24 heavy (non-hydrogen) atoms. The first-order chi connectivity index (χ1) is 11.4. The van der Waals surface area contributed by atoms with E-state index in [0.29, 0.717) is 10.6 Å². The van der Waals surface area contributed by atoms with Crippen LogP contribution in [0.3, 0.4) is 0 Å². The van der Waals surface area contributed by atoms with Gasteiger partial charge < -0.3 is 4.74 Å². The van der Waals surface area contributed by atoms with Crippen LogP contribution >= 0.6 is 11.6 Å². The highest BCUT2D eigenvalue weighted by Crippen LogP contribution is 2.31. The Morgan fingerprint density at radius 1 is 1.21 bits per heavy atom. The van der Waals surface area contributed by atoms with E-state index in [0.717, 1.165) is 23.4 Å².